The van der Waals surface area contributed by atoms with Crippen molar-refractivity contribution in [2.45, 2.75) is 31.8 Å². The predicted molar refractivity (Wildman–Crippen MR) is 74.7 cm³/mol. The van der Waals surface area contributed by atoms with Crippen LogP contribution in [0.1, 0.15) is 24.8 Å². The summed E-state index contributed by atoms with van der Waals surface area (Å²) in [6, 6.07) is 7.50. The van der Waals surface area contributed by atoms with Crippen molar-refractivity contribution in [2.75, 3.05) is 0 Å². The molecule has 0 saturated heterocycles. The molecule has 1 rings (SSSR count). The Morgan fingerprint density at radius 2 is 1.76 bits per heavy atom. The van der Waals surface area contributed by atoms with Gasteiger partial charge in [-0.2, -0.15) is 0 Å². The summed E-state index contributed by atoms with van der Waals surface area (Å²) in [7, 11) is 0. The summed E-state index contributed by atoms with van der Waals surface area (Å²) in [6.07, 6.45) is 0.128. The second-order valence-corrected chi connectivity index (χ2v) is 4.49. The average Bonchev–Trinajstić information content (AvgIpc) is 2.44. The molecule has 2 amide bonds. The normalized spacial score (nSPS) is 11.4. The molecule has 1 atom stereocenters. The molecule has 7 heteroatoms. The van der Waals surface area contributed by atoms with E-state index in [4.69, 9.17) is 10.2 Å². The smallest absolute Gasteiger partial charge is 0.326 e. The molecule has 1 aromatic carbocycles. The summed E-state index contributed by atoms with van der Waals surface area (Å²) in [5.41, 5.74) is 0.894. The third-order valence-electron chi connectivity index (χ3n) is 2.78. The maximum Gasteiger partial charge on any atom is 0.326 e. The monoisotopic (exact) mass is 294 g/mol. The van der Waals surface area contributed by atoms with Gasteiger partial charge in [0, 0.05) is 13.0 Å². The quantitative estimate of drug-likeness (QED) is 0.575. The van der Waals surface area contributed by atoms with Gasteiger partial charge in [0.25, 0.3) is 0 Å². The zero-order chi connectivity index (χ0) is 15.7. The first-order valence-corrected chi connectivity index (χ1v) is 6.52. The van der Waals surface area contributed by atoms with E-state index >= 15 is 0 Å². The van der Waals surface area contributed by atoms with Crippen LogP contribution in [0.4, 0.5) is 4.79 Å². The number of carboxylic acid groups (broad SMARTS) is 2. The van der Waals surface area contributed by atoms with Gasteiger partial charge < -0.3 is 20.8 Å². The highest BCUT2D eigenvalue weighted by molar-refractivity contribution is 5.82. The van der Waals surface area contributed by atoms with Crippen LogP contribution < -0.4 is 10.6 Å². The van der Waals surface area contributed by atoms with Crippen molar-refractivity contribution in [1.82, 2.24) is 10.6 Å². The van der Waals surface area contributed by atoms with E-state index in [1.807, 2.05) is 30.3 Å². The number of nitrogens with one attached hydrogen (secondary N) is 2. The Bertz CT molecular complexity index is 489. The van der Waals surface area contributed by atoms with Crippen LogP contribution in [0.3, 0.4) is 0 Å². The van der Waals surface area contributed by atoms with Crippen LogP contribution >= 0.6 is 0 Å². The summed E-state index contributed by atoms with van der Waals surface area (Å²) in [5.74, 6) is -2.18. The van der Waals surface area contributed by atoms with Gasteiger partial charge in [0.15, 0.2) is 0 Å². The van der Waals surface area contributed by atoms with Crippen LogP contribution in [-0.2, 0) is 16.1 Å². The molecule has 7 nitrogen and oxygen atoms in total. The Hall–Kier alpha value is -2.57. The molecule has 0 aliphatic heterocycles. The van der Waals surface area contributed by atoms with E-state index in [9.17, 15) is 14.4 Å². The molecule has 1 aromatic rings. The predicted octanol–water partition coefficient (Wildman–Crippen LogP) is 1.19. The minimum Gasteiger partial charge on any atom is -0.481 e. The van der Waals surface area contributed by atoms with E-state index in [0.29, 0.717) is 0 Å². The highest BCUT2D eigenvalue weighted by atomic mass is 16.4. The zero-order valence-electron chi connectivity index (χ0n) is 11.4. The SMILES string of the molecule is O=C(O)CCCC(NC(=O)NCc1ccccc1)C(=O)O. The Labute approximate surface area is 122 Å². The molecule has 114 valence electrons. The van der Waals surface area contributed by atoms with Crippen LogP contribution in [-0.4, -0.2) is 34.2 Å². The largest absolute Gasteiger partial charge is 0.481 e. The van der Waals surface area contributed by atoms with Crippen LogP contribution in [0.25, 0.3) is 0 Å². The lowest BCUT2D eigenvalue weighted by atomic mass is 10.1. The van der Waals surface area contributed by atoms with Crippen LogP contribution in [0.2, 0.25) is 0 Å². The van der Waals surface area contributed by atoms with Crippen molar-refractivity contribution >= 4 is 18.0 Å². The number of rotatable bonds is 8. The zero-order valence-corrected chi connectivity index (χ0v) is 11.4. The summed E-state index contributed by atoms with van der Waals surface area (Å²) in [6.45, 7) is 0.286. The second-order valence-electron chi connectivity index (χ2n) is 4.49. The van der Waals surface area contributed by atoms with E-state index in [0.717, 1.165) is 5.56 Å². The first kappa shape index (κ1) is 16.5. The number of carbonyl (C=O) groups excluding carboxylic acids is 1. The molecule has 0 aliphatic carbocycles. The molecule has 4 N–H and O–H groups in total. The summed E-state index contributed by atoms with van der Waals surface area (Å²) < 4.78 is 0. The molecule has 0 aliphatic rings. The highest BCUT2D eigenvalue weighted by Gasteiger charge is 2.19. The Balaban J connectivity index is 2.38. The minimum absolute atomic E-state index is 0.0698. The maximum atomic E-state index is 11.6. The average molecular weight is 294 g/mol. The first-order chi connectivity index (χ1) is 9.99. The van der Waals surface area contributed by atoms with Gasteiger partial charge in [-0.05, 0) is 18.4 Å². The molecule has 0 bridgehead atoms. The summed E-state index contributed by atoms with van der Waals surface area (Å²) >= 11 is 0. The van der Waals surface area contributed by atoms with Crippen LogP contribution in [0.15, 0.2) is 30.3 Å². The third kappa shape index (κ3) is 6.95. The molecule has 21 heavy (non-hydrogen) atoms. The van der Waals surface area contributed by atoms with Crippen molar-refractivity contribution in [3.63, 3.8) is 0 Å². The molecule has 0 aromatic heterocycles. The number of carboxylic acids is 2. The number of hydrogen-bond donors (Lipinski definition) is 4. The van der Waals surface area contributed by atoms with Crippen molar-refractivity contribution in [3.05, 3.63) is 35.9 Å². The standard InChI is InChI=1S/C14H18N2O5/c17-12(18)8-4-7-11(13(19)20)16-14(21)15-9-10-5-2-1-3-6-10/h1-3,5-6,11H,4,7-9H2,(H,17,18)(H,19,20)(H2,15,16,21). The summed E-state index contributed by atoms with van der Waals surface area (Å²) in [4.78, 5) is 33.0. The van der Waals surface area contributed by atoms with Gasteiger partial charge in [0.2, 0.25) is 0 Å². The fourth-order valence-electron chi connectivity index (χ4n) is 1.70. The lowest BCUT2D eigenvalue weighted by molar-refractivity contribution is -0.140. The van der Waals surface area contributed by atoms with Crippen molar-refractivity contribution in [2.24, 2.45) is 0 Å². The Morgan fingerprint density at radius 1 is 1.10 bits per heavy atom. The molecular formula is C14H18N2O5. The lowest BCUT2D eigenvalue weighted by Gasteiger charge is -2.14. The van der Waals surface area contributed by atoms with E-state index in [-0.39, 0.29) is 25.8 Å². The van der Waals surface area contributed by atoms with Crippen molar-refractivity contribution < 1.29 is 24.6 Å². The molecule has 0 saturated carbocycles. The van der Waals surface area contributed by atoms with Gasteiger partial charge in [-0.3, -0.25) is 4.79 Å². The molecule has 1 unspecified atom stereocenters. The molecule has 0 heterocycles. The molecule has 0 radical (unpaired) electrons. The van der Waals surface area contributed by atoms with Gasteiger partial charge in [-0.1, -0.05) is 30.3 Å². The minimum atomic E-state index is -1.18. The van der Waals surface area contributed by atoms with Gasteiger partial charge >= 0.3 is 18.0 Å². The van der Waals surface area contributed by atoms with Gasteiger partial charge in [-0.15, -0.1) is 0 Å². The molecule has 0 fully saturated rings. The molecule has 0 spiro atoms. The van der Waals surface area contributed by atoms with E-state index in [1.54, 1.807) is 0 Å². The number of aliphatic carboxylic acids is 2. The fourth-order valence-corrected chi connectivity index (χ4v) is 1.70. The van der Waals surface area contributed by atoms with E-state index in [2.05, 4.69) is 10.6 Å². The van der Waals surface area contributed by atoms with Crippen LogP contribution in [0.5, 0.6) is 0 Å². The Morgan fingerprint density at radius 3 is 2.33 bits per heavy atom. The third-order valence-corrected chi connectivity index (χ3v) is 2.78. The van der Waals surface area contributed by atoms with E-state index in [1.165, 1.54) is 0 Å². The topological polar surface area (TPSA) is 116 Å². The first-order valence-electron chi connectivity index (χ1n) is 6.52. The number of urea groups is 1. The second kappa shape index (κ2) is 8.57. The number of amides is 2. The number of carbonyl (C=O) groups is 3. The maximum absolute atomic E-state index is 11.6. The summed E-state index contributed by atoms with van der Waals surface area (Å²) in [5, 5.41) is 22.4. The van der Waals surface area contributed by atoms with Gasteiger partial charge in [-0.25, -0.2) is 9.59 Å². The number of benzene rings is 1. The van der Waals surface area contributed by atoms with Crippen molar-refractivity contribution in [3.8, 4) is 0 Å². The lowest BCUT2D eigenvalue weighted by Crippen LogP contribution is -2.45. The molecular weight excluding hydrogens is 276 g/mol. The van der Waals surface area contributed by atoms with Gasteiger partial charge in [0.05, 0.1) is 0 Å². The van der Waals surface area contributed by atoms with Gasteiger partial charge in [0.1, 0.15) is 6.04 Å². The highest BCUT2D eigenvalue weighted by Crippen LogP contribution is 2.02. The van der Waals surface area contributed by atoms with E-state index < -0.39 is 24.0 Å². The number of hydrogen-bond acceptors (Lipinski definition) is 3. The fraction of sp³-hybridized carbons (Fsp3) is 0.357. The van der Waals surface area contributed by atoms with Crippen molar-refractivity contribution in [1.29, 1.82) is 0 Å². The van der Waals surface area contributed by atoms with Crippen LogP contribution in [0, 0.1) is 0 Å². The Kier molecular flexibility index (Phi) is 6.73.